The van der Waals surface area contributed by atoms with Crippen LogP contribution in [0.5, 0.6) is 0 Å². The largest absolute Gasteiger partial charge is 0.379 e. The molecular formula is C41H65N7O9S. The van der Waals surface area contributed by atoms with Gasteiger partial charge in [-0.1, -0.05) is 47.5 Å². The predicted octanol–water partition coefficient (Wildman–Crippen LogP) is 2.76. The van der Waals surface area contributed by atoms with Crippen LogP contribution in [-0.4, -0.2) is 144 Å². The van der Waals surface area contributed by atoms with Crippen molar-refractivity contribution in [2.45, 2.75) is 123 Å². The SMILES string of the molecule is CCC(C)C(C(CC(=O)N1CCCC1C(OC)C(C)C(=O)NCc1nccs1)OC)N(C)C(=O)CNC(=O)C(C(C)C)N(C)C(=O)CCCCCN1C(=O)C=CC1=O. The summed E-state index contributed by atoms with van der Waals surface area (Å²) in [4.78, 5) is 101. The molecule has 0 spiro atoms. The van der Waals surface area contributed by atoms with Gasteiger partial charge >= 0.3 is 0 Å². The summed E-state index contributed by atoms with van der Waals surface area (Å²) in [6.45, 7) is 10.3. The monoisotopic (exact) mass is 831 g/mol. The molecular weight excluding hydrogens is 767 g/mol. The number of imide groups is 1. The van der Waals surface area contributed by atoms with E-state index < -0.39 is 36.1 Å². The number of likely N-dealkylation sites (tertiary alicyclic amines) is 1. The van der Waals surface area contributed by atoms with Crippen LogP contribution < -0.4 is 10.6 Å². The third-order valence-electron chi connectivity index (χ3n) is 11.5. The van der Waals surface area contributed by atoms with Crippen molar-refractivity contribution in [2.75, 3.05) is 47.9 Å². The molecule has 7 unspecified atom stereocenters. The number of thiazole rings is 1. The van der Waals surface area contributed by atoms with E-state index in [0.29, 0.717) is 45.2 Å². The molecule has 7 atom stereocenters. The second-order valence-corrected chi connectivity index (χ2v) is 16.7. The lowest BCUT2D eigenvalue weighted by molar-refractivity contribution is -0.146. The summed E-state index contributed by atoms with van der Waals surface area (Å²) in [6, 6.07) is -1.63. The summed E-state index contributed by atoms with van der Waals surface area (Å²) < 4.78 is 11.8. The number of likely N-dealkylation sites (N-methyl/N-ethyl adjacent to an activating group) is 2. The van der Waals surface area contributed by atoms with Gasteiger partial charge in [-0.3, -0.25) is 38.5 Å². The van der Waals surface area contributed by atoms with Crippen LogP contribution in [0.4, 0.5) is 0 Å². The van der Waals surface area contributed by atoms with Crippen molar-refractivity contribution in [2.24, 2.45) is 17.8 Å². The highest BCUT2D eigenvalue weighted by molar-refractivity contribution is 7.09. The Bertz CT molecular complexity index is 1570. The Kier molecular flexibility index (Phi) is 19.4. The summed E-state index contributed by atoms with van der Waals surface area (Å²) in [5, 5.41) is 8.33. The number of carbonyl (C=O) groups is 7. The van der Waals surface area contributed by atoms with Gasteiger partial charge < -0.3 is 34.8 Å². The van der Waals surface area contributed by atoms with Crippen molar-refractivity contribution in [3.05, 3.63) is 28.7 Å². The zero-order valence-corrected chi connectivity index (χ0v) is 36.5. The first-order valence-corrected chi connectivity index (χ1v) is 21.3. The van der Waals surface area contributed by atoms with Crippen molar-refractivity contribution in [1.82, 2.24) is 35.2 Å². The van der Waals surface area contributed by atoms with E-state index in [2.05, 4.69) is 15.6 Å². The fraction of sp³-hybridized carbons (Fsp3) is 0.707. The van der Waals surface area contributed by atoms with E-state index in [1.807, 2.05) is 33.1 Å². The van der Waals surface area contributed by atoms with E-state index in [1.54, 1.807) is 44.1 Å². The Balaban J connectivity index is 1.58. The van der Waals surface area contributed by atoms with E-state index in [1.165, 1.54) is 40.4 Å². The normalized spacial score (nSPS) is 18.5. The van der Waals surface area contributed by atoms with Gasteiger partial charge in [-0.15, -0.1) is 11.3 Å². The molecule has 1 aromatic heterocycles. The molecule has 1 fully saturated rings. The lowest BCUT2D eigenvalue weighted by atomic mass is 9.90. The number of hydrogen-bond donors (Lipinski definition) is 2. The second-order valence-electron chi connectivity index (χ2n) is 15.7. The molecule has 2 N–H and O–H groups in total. The Morgan fingerprint density at radius 3 is 2.21 bits per heavy atom. The summed E-state index contributed by atoms with van der Waals surface area (Å²) >= 11 is 1.46. The zero-order chi connectivity index (χ0) is 43.1. The number of nitrogens with one attached hydrogen (secondary N) is 2. The average Bonchev–Trinajstić information content (AvgIpc) is 3.98. The Hall–Kier alpha value is -4.22. The number of amides is 7. The molecule has 2 aliphatic heterocycles. The van der Waals surface area contributed by atoms with Gasteiger partial charge in [0.15, 0.2) is 0 Å². The molecule has 0 radical (unpaired) electrons. The number of ether oxygens (including phenoxy) is 2. The lowest BCUT2D eigenvalue weighted by Gasteiger charge is -2.39. The minimum absolute atomic E-state index is 0.00108. The molecule has 16 nitrogen and oxygen atoms in total. The zero-order valence-electron chi connectivity index (χ0n) is 35.7. The first-order chi connectivity index (χ1) is 27.6. The van der Waals surface area contributed by atoms with Crippen LogP contribution in [0.25, 0.3) is 0 Å². The van der Waals surface area contributed by atoms with Crippen LogP contribution in [0.1, 0.15) is 91.0 Å². The van der Waals surface area contributed by atoms with Crippen molar-refractivity contribution < 1.29 is 43.0 Å². The molecule has 3 heterocycles. The maximum atomic E-state index is 14.0. The number of unbranched alkanes of at least 4 members (excludes halogenated alkanes) is 2. The van der Waals surface area contributed by atoms with Crippen molar-refractivity contribution in [1.29, 1.82) is 0 Å². The Labute approximate surface area is 347 Å². The molecule has 0 bridgehead atoms. The molecule has 7 amide bonds. The van der Waals surface area contributed by atoms with Crippen molar-refractivity contribution in [3.63, 3.8) is 0 Å². The maximum absolute atomic E-state index is 14.0. The minimum Gasteiger partial charge on any atom is -0.379 e. The minimum atomic E-state index is -0.817. The Morgan fingerprint density at radius 1 is 0.931 bits per heavy atom. The summed E-state index contributed by atoms with van der Waals surface area (Å²) in [5.41, 5.74) is 0. The molecule has 1 saturated heterocycles. The quantitative estimate of drug-likeness (QED) is 0.116. The van der Waals surface area contributed by atoms with Gasteiger partial charge in [0.05, 0.1) is 49.7 Å². The molecule has 58 heavy (non-hydrogen) atoms. The molecule has 1 aromatic rings. The Morgan fingerprint density at radius 2 is 1.62 bits per heavy atom. The fourth-order valence-electron chi connectivity index (χ4n) is 8.01. The maximum Gasteiger partial charge on any atom is 0.253 e. The number of aromatic nitrogens is 1. The highest BCUT2D eigenvalue weighted by Gasteiger charge is 2.42. The van der Waals surface area contributed by atoms with E-state index >= 15 is 0 Å². The first-order valence-electron chi connectivity index (χ1n) is 20.4. The van der Waals surface area contributed by atoms with Crippen LogP contribution in [-0.2, 0) is 49.6 Å². The van der Waals surface area contributed by atoms with Gasteiger partial charge in [-0.05, 0) is 37.5 Å². The van der Waals surface area contributed by atoms with Gasteiger partial charge in [0.25, 0.3) is 11.8 Å². The van der Waals surface area contributed by atoms with Crippen LogP contribution >= 0.6 is 11.3 Å². The highest BCUT2D eigenvalue weighted by Crippen LogP contribution is 2.29. The molecule has 0 saturated carbocycles. The number of nitrogens with zero attached hydrogens (tertiary/aromatic N) is 5. The first kappa shape index (κ1) is 48.2. The van der Waals surface area contributed by atoms with Crippen LogP contribution in [0, 0.1) is 17.8 Å². The van der Waals surface area contributed by atoms with E-state index in [0.717, 1.165) is 11.4 Å². The van der Waals surface area contributed by atoms with Gasteiger partial charge in [0.1, 0.15) is 11.0 Å². The van der Waals surface area contributed by atoms with Gasteiger partial charge in [-0.2, -0.15) is 0 Å². The molecule has 0 aliphatic carbocycles. The van der Waals surface area contributed by atoms with Crippen molar-refractivity contribution >= 4 is 52.7 Å². The van der Waals surface area contributed by atoms with Gasteiger partial charge in [0.2, 0.25) is 29.5 Å². The number of hydrogen-bond acceptors (Lipinski definition) is 11. The summed E-state index contributed by atoms with van der Waals surface area (Å²) in [5.74, 6) is -2.89. The fourth-order valence-corrected chi connectivity index (χ4v) is 8.57. The molecule has 0 aromatic carbocycles. The summed E-state index contributed by atoms with van der Waals surface area (Å²) in [7, 11) is 6.30. The lowest BCUT2D eigenvalue weighted by Crippen LogP contribution is -2.55. The number of rotatable bonds is 24. The van der Waals surface area contributed by atoms with E-state index in [9.17, 15) is 33.6 Å². The van der Waals surface area contributed by atoms with Crippen molar-refractivity contribution in [3.8, 4) is 0 Å². The smallest absolute Gasteiger partial charge is 0.253 e. The molecule has 3 rings (SSSR count). The third-order valence-corrected chi connectivity index (χ3v) is 12.3. The number of carbonyl (C=O) groups excluding carboxylic acids is 7. The molecule has 2 aliphatic rings. The standard InChI is InChI=1S/C41H65N7O9S/c1-10-27(4)38(30(56-8)23-35(52)47-21-14-15-29(47)39(57-9)28(5)40(54)43-24-31-42-19-22-58-31)46(7)36(53)25-44-41(55)37(26(2)3)45(6)32(49)16-12-11-13-20-48-33(50)17-18-34(48)51/h17-19,22,26-30,37-39H,10-16,20-21,23-25H2,1-9H3,(H,43,54)(H,44,55). The molecule has 17 heteroatoms. The number of methoxy groups -OCH3 is 2. The third kappa shape index (κ3) is 12.9. The van der Waals surface area contributed by atoms with E-state index in [-0.39, 0.29) is 79.3 Å². The van der Waals surface area contributed by atoms with Crippen LogP contribution in [0.15, 0.2) is 23.7 Å². The van der Waals surface area contributed by atoms with Crippen LogP contribution in [0.3, 0.4) is 0 Å². The van der Waals surface area contributed by atoms with Gasteiger partial charge in [-0.25, -0.2) is 4.98 Å². The summed E-state index contributed by atoms with van der Waals surface area (Å²) in [6.07, 6.45) is 7.03. The van der Waals surface area contributed by atoms with E-state index in [4.69, 9.17) is 9.47 Å². The second kappa shape index (κ2) is 23.4. The van der Waals surface area contributed by atoms with Gasteiger partial charge in [0, 0.05) is 71.6 Å². The molecule has 324 valence electrons. The average molecular weight is 832 g/mol. The van der Waals surface area contributed by atoms with Crippen LogP contribution in [0.2, 0.25) is 0 Å². The predicted molar refractivity (Wildman–Crippen MR) is 219 cm³/mol. The topological polar surface area (TPSA) is 188 Å². The highest BCUT2D eigenvalue weighted by atomic mass is 32.1.